The molecule has 0 aliphatic carbocycles. The minimum Gasteiger partial charge on any atom is -0.461 e. The number of fused-ring (bicyclic) bond motifs is 1. The van der Waals surface area contributed by atoms with Gasteiger partial charge in [0.1, 0.15) is 6.33 Å². The molecule has 0 unspecified atom stereocenters. The monoisotopic (exact) mass is 224 g/mol. The molecule has 0 spiro atoms. The molecule has 0 saturated heterocycles. The Morgan fingerprint density at radius 2 is 2.47 bits per heavy atom. The Labute approximate surface area is 90.7 Å². The molecule has 2 heterocycles. The van der Waals surface area contributed by atoms with Crippen molar-refractivity contribution >= 4 is 24.4 Å². The van der Waals surface area contributed by atoms with Crippen LogP contribution in [0, 0.1) is 0 Å². The summed E-state index contributed by atoms with van der Waals surface area (Å²) in [6.07, 6.45) is 1.47. The van der Waals surface area contributed by atoms with E-state index >= 15 is 0 Å². The first kappa shape index (κ1) is 9.91. The highest BCUT2D eigenvalue weighted by molar-refractivity contribution is 7.80. The first-order valence-corrected chi connectivity index (χ1v) is 4.74. The van der Waals surface area contributed by atoms with Crippen molar-refractivity contribution in [1.29, 1.82) is 0 Å². The lowest BCUT2D eigenvalue weighted by molar-refractivity contribution is 0.0519. The number of esters is 1. The molecule has 6 nitrogen and oxygen atoms in total. The predicted octanol–water partition coefficient (Wildman–Crippen LogP) is 0.590. The summed E-state index contributed by atoms with van der Waals surface area (Å²) in [5.41, 5.74) is 0.183. The predicted molar refractivity (Wildman–Crippen MR) is 54.0 cm³/mol. The SMILES string of the molecule is CCOC(=O)c1cc(S)n2cnnc2n1. The van der Waals surface area contributed by atoms with E-state index in [9.17, 15) is 4.79 Å². The van der Waals surface area contributed by atoms with Gasteiger partial charge in [0.15, 0.2) is 5.69 Å². The molecule has 0 fully saturated rings. The van der Waals surface area contributed by atoms with Crippen molar-refractivity contribution in [1.82, 2.24) is 19.6 Å². The molecule has 0 atom stereocenters. The molecular weight excluding hydrogens is 216 g/mol. The third kappa shape index (κ3) is 1.78. The van der Waals surface area contributed by atoms with E-state index in [1.54, 1.807) is 11.3 Å². The minimum atomic E-state index is -0.488. The molecule has 0 amide bonds. The quantitative estimate of drug-likeness (QED) is 0.459. The Kier molecular flexibility index (Phi) is 2.55. The number of aromatic nitrogens is 4. The molecule has 78 valence electrons. The number of rotatable bonds is 2. The van der Waals surface area contributed by atoms with Crippen LogP contribution < -0.4 is 0 Å². The summed E-state index contributed by atoms with van der Waals surface area (Å²) in [4.78, 5) is 15.4. The van der Waals surface area contributed by atoms with Gasteiger partial charge >= 0.3 is 5.97 Å². The van der Waals surface area contributed by atoms with E-state index < -0.39 is 5.97 Å². The van der Waals surface area contributed by atoms with E-state index in [2.05, 4.69) is 27.8 Å². The minimum absolute atomic E-state index is 0.183. The second-order valence-corrected chi connectivity index (χ2v) is 3.18. The van der Waals surface area contributed by atoms with Gasteiger partial charge in [0, 0.05) is 6.07 Å². The van der Waals surface area contributed by atoms with E-state index in [4.69, 9.17) is 4.74 Å². The fourth-order valence-electron chi connectivity index (χ4n) is 1.11. The summed E-state index contributed by atoms with van der Waals surface area (Å²) in [6.45, 7) is 2.04. The molecule has 0 N–H and O–H groups in total. The van der Waals surface area contributed by atoms with Crippen LogP contribution in [0.15, 0.2) is 17.4 Å². The van der Waals surface area contributed by atoms with Crippen molar-refractivity contribution in [3.05, 3.63) is 18.1 Å². The first-order valence-electron chi connectivity index (χ1n) is 4.29. The molecule has 0 aliphatic rings. The third-order valence-electron chi connectivity index (χ3n) is 1.75. The Bertz CT molecular complexity index is 510. The molecule has 2 aromatic heterocycles. The van der Waals surface area contributed by atoms with Crippen molar-refractivity contribution in [3.63, 3.8) is 0 Å². The van der Waals surface area contributed by atoms with Crippen LogP contribution in [-0.4, -0.2) is 32.2 Å². The van der Waals surface area contributed by atoms with Crippen LogP contribution in [0.5, 0.6) is 0 Å². The van der Waals surface area contributed by atoms with Crippen LogP contribution in [0.1, 0.15) is 17.4 Å². The van der Waals surface area contributed by atoms with Crippen molar-refractivity contribution in [2.45, 2.75) is 11.9 Å². The van der Waals surface area contributed by atoms with Gasteiger partial charge in [-0.25, -0.2) is 9.78 Å². The van der Waals surface area contributed by atoms with Crippen molar-refractivity contribution in [3.8, 4) is 0 Å². The molecule has 2 aromatic rings. The maximum absolute atomic E-state index is 11.4. The van der Waals surface area contributed by atoms with Crippen LogP contribution >= 0.6 is 12.6 Å². The lowest BCUT2D eigenvalue weighted by atomic mass is 10.4. The summed E-state index contributed by atoms with van der Waals surface area (Å²) in [7, 11) is 0. The van der Waals surface area contributed by atoms with Gasteiger partial charge in [0.25, 0.3) is 5.78 Å². The van der Waals surface area contributed by atoms with E-state index in [-0.39, 0.29) is 5.69 Å². The highest BCUT2D eigenvalue weighted by atomic mass is 32.1. The zero-order valence-electron chi connectivity index (χ0n) is 7.91. The lowest BCUT2D eigenvalue weighted by Gasteiger charge is -2.02. The lowest BCUT2D eigenvalue weighted by Crippen LogP contribution is -2.08. The molecule has 0 bridgehead atoms. The molecule has 7 heteroatoms. The zero-order valence-corrected chi connectivity index (χ0v) is 8.81. The molecule has 0 aromatic carbocycles. The standard InChI is InChI=1S/C8H8N4O2S/c1-2-14-7(13)5-3-6(15)12-4-9-11-8(12)10-5/h3-4,15H,2H2,1H3. The van der Waals surface area contributed by atoms with Crippen LogP contribution in [0.2, 0.25) is 0 Å². The van der Waals surface area contributed by atoms with Gasteiger partial charge in [-0.15, -0.1) is 22.8 Å². The molecule has 2 rings (SSSR count). The third-order valence-corrected chi connectivity index (χ3v) is 2.09. The van der Waals surface area contributed by atoms with Crippen molar-refractivity contribution in [2.24, 2.45) is 0 Å². The number of thiol groups is 1. The van der Waals surface area contributed by atoms with Crippen LogP contribution in [0.3, 0.4) is 0 Å². The molecule has 0 saturated carbocycles. The van der Waals surface area contributed by atoms with Gasteiger partial charge < -0.3 is 4.74 Å². The second-order valence-electron chi connectivity index (χ2n) is 2.72. The number of ether oxygens (including phenoxy) is 1. The van der Waals surface area contributed by atoms with Gasteiger partial charge in [-0.1, -0.05) is 0 Å². The summed E-state index contributed by atoms with van der Waals surface area (Å²) in [6, 6.07) is 1.51. The second kappa shape index (κ2) is 3.85. The highest BCUT2D eigenvalue weighted by Crippen LogP contribution is 2.10. The Morgan fingerprint density at radius 3 is 3.20 bits per heavy atom. The number of carbonyl (C=O) groups excluding carboxylic acids is 1. The van der Waals surface area contributed by atoms with E-state index in [0.717, 1.165) is 0 Å². The fraction of sp³-hybridized carbons (Fsp3) is 0.250. The normalized spacial score (nSPS) is 10.5. The summed E-state index contributed by atoms with van der Waals surface area (Å²) in [5, 5.41) is 7.92. The maximum atomic E-state index is 11.4. The Hall–Kier alpha value is -1.63. The van der Waals surface area contributed by atoms with Crippen LogP contribution in [0.25, 0.3) is 5.78 Å². The number of carbonyl (C=O) groups is 1. The average molecular weight is 224 g/mol. The van der Waals surface area contributed by atoms with Gasteiger partial charge in [0.2, 0.25) is 0 Å². The van der Waals surface area contributed by atoms with Crippen LogP contribution in [0.4, 0.5) is 0 Å². The van der Waals surface area contributed by atoms with Gasteiger partial charge in [-0.2, -0.15) is 0 Å². The fourth-order valence-corrected chi connectivity index (χ4v) is 1.37. The van der Waals surface area contributed by atoms with Gasteiger partial charge in [-0.3, -0.25) is 4.40 Å². The van der Waals surface area contributed by atoms with E-state index in [1.807, 2.05) is 0 Å². The zero-order chi connectivity index (χ0) is 10.8. The Morgan fingerprint density at radius 1 is 1.67 bits per heavy atom. The summed E-state index contributed by atoms with van der Waals surface area (Å²) in [5.74, 6) is -0.163. The highest BCUT2D eigenvalue weighted by Gasteiger charge is 2.12. The van der Waals surface area contributed by atoms with Gasteiger partial charge in [-0.05, 0) is 6.92 Å². The average Bonchev–Trinajstić information content (AvgIpc) is 2.66. The number of hydrogen-bond acceptors (Lipinski definition) is 6. The molecule has 0 radical (unpaired) electrons. The van der Waals surface area contributed by atoms with Crippen molar-refractivity contribution < 1.29 is 9.53 Å². The number of nitrogens with zero attached hydrogens (tertiary/aromatic N) is 4. The smallest absolute Gasteiger partial charge is 0.357 e. The first-order chi connectivity index (χ1) is 7.22. The largest absolute Gasteiger partial charge is 0.461 e. The number of hydrogen-bond donors (Lipinski definition) is 1. The maximum Gasteiger partial charge on any atom is 0.357 e. The molecule has 15 heavy (non-hydrogen) atoms. The van der Waals surface area contributed by atoms with E-state index in [0.29, 0.717) is 17.4 Å². The summed E-state index contributed by atoms with van der Waals surface area (Å²) < 4.78 is 6.38. The van der Waals surface area contributed by atoms with Crippen LogP contribution in [-0.2, 0) is 4.74 Å². The van der Waals surface area contributed by atoms with Crippen molar-refractivity contribution in [2.75, 3.05) is 6.61 Å². The topological polar surface area (TPSA) is 69.4 Å². The Balaban J connectivity index is 2.49. The summed E-state index contributed by atoms with van der Waals surface area (Å²) >= 11 is 4.18. The molecular formula is C8H8N4O2S. The van der Waals surface area contributed by atoms with Gasteiger partial charge in [0.05, 0.1) is 11.6 Å². The molecule has 0 aliphatic heterocycles. The van der Waals surface area contributed by atoms with E-state index in [1.165, 1.54) is 12.4 Å².